The molecule has 0 spiro atoms. The average Bonchev–Trinajstić information content (AvgIpc) is 1.99. The van der Waals surface area contributed by atoms with E-state index >= 15 is 0 Å². The minimum Gasteiger partial charge on any atom is -0.322 e. The minimum absolute atomic E-state index is 0.296. The summed E-state index contributed by atoms with van der Waals surface area (Å²) < 4.78 is 35.7. The van der Waals surface area contributed by atoms with Crippen LogP contribution in [0, 0.1) is 5.82 Å². The summed E-state index contributed by atoms with van der Waals surface area (Å²) in [6.45, 7) is 3.45. The Hall–Kier alpha value is -0.940. The number of rotatable bonds is 2. The first kappa shape index (κ1) is 12.1. The summed E-state index contributed by atoms with van der Waals surface area (Å²) in [5.41, 5.74) is 5.65. The molecular formula is C10H14FNO2S. The fourth-order valence-corrected chi connectivity index (χ4v) is 1.93. The van der Waals surface area contributed by atoms with Crippen molar-refractivity contribution in [3.8, 4) is 0 Å². The van der Waals surface area contributed by atoms with Gasteiger partial charge in [0.05, 0.1) is 0 Å². The highest BCUT2D eigenvalue weighted by molar-refractivity contribution is 7.90. The van der Waals surface area contributed by atoms with E-state index < -0.39 is 21.2 Å². The molecule has 0 aliphatic carbocycles. The Morgan fingerprint density at radius 2 is 1.87 bits per heavy atom. The van der Waals surface area contributed by atoms with Crippen LogP contribution in [0.15, 0.2) is 23.1 Å². The van der Waals surface area contributed by atoms with Gasteiger partial charge in [-0.15, -0.1) is 0 Å². The van der Waals surface area contributed by atoms with Crippen molar-refractivity contribution in [1.29, 1.82) is 0 Å². The van der Waals surface area contributed by atoms with Crippen LogP contribution in [0.4, 0.5) is 4.39 Å². The molecule has 0 radical (unpaired) electrons. The number of benzene rings is 1. The molecule has 1 aromatic carbocycles. The molecule has 3 nitrogen and oxygen atoms in total. The van der Waals surface area contributed by atoms with Gasteiger partial charge in [0.2, 0.25) is 0 Å². The summed E-state index contributed by atoms with van der Waals surface area (Å²) in [5, 5.41) is 0. The largest absolute Gasteiger partial charge is 0.322 e. The lowest BCUT2D eigenvalue weighted by atomic mass is 9.96. The molecule has 0 saturated heterocycles. The second kappa shape index (κ2) is 3.57. The molecule has 0 bridgehead atoms. The predicted octanol–water partition coefficient (Wildman–Crippen LogP) is 1.42. The van der Waals surface area contributed by atoms with E-state index in [1.165, 1.54) is 12.1 Å². The maximum Gasteiger partial charge on any atom is 0.178 e. The summed E-state index contributed by atoms with van der Waals surface area (Å²) in [7, 11) is -3.51. The van der Waals surface area contributed by atoms with Crippen molar-refractivity contribution in [2.45, 2.75) is 24.3 Å². The van der Waals surface area contributed by atoms with Crippen LogP contribution in [0.25, 0.3) is 0 Å². The van der Waals surface area contributed by atoms with Gasteiger partial charge in [-0.1, -0.05) is 6.07 Å². The second-order valence-corrected chi connectivity index (χ2v) is 6.12. The zero-order valence-electron chi connectivity index (χ0n) is 8.91. The predicted molar refractivity (Wildman–Crippen MR) is 56.7 cm³/mol. The number of hydrogen-bond donors (Lipinski definition) is 1. The monoisotopic (exact) mass is 231 g/mol. The van der Waals surface area contributed by atoms with E-state index in [0.29, 0.717) is 5.56 Å². The molecule has 2 N–H and O–H groups in total. The Balaban J connectivity index is 3.34. The second-order valence-electron chi connectivity index (χ2n) is 4.14. The van der Waals surface area contributed by atoms with Crippen molar-refractivity contribution in [2.24, 2.45) is 5.73 Å². The van der Waals surface area contributed by atoms with Crippen molar-refractivity contribution in [1.82, 2.24) is 0 Å². The molecule has 0 amide bonds. The van der Waals surface area contributed by atoms with Crippen LogP contribution in [-0.4, -0.2) is 14.7 Å². The number of sulfone groups is 1. The Kier molecular flexibility index (Phi) is 2.89. The molecule has 15 heavy (non-hydrogen) atoms. The lowest BCUT2D eigenvalue weighted by Crippen LogP contribution is -2.28. The summed E-state index contributed by atoms with van der Waals surface area (Å²) in [5.74, 6) is -0.756. The lowest BCUT2D eigenvalue weighted by molar-refractivity contribution is 0.533. The smallest absolute Gasteiger partial charge is 0.178 e. The molecule has 1 aromatic rings. The Morgan fingerprint density at radius 3 is 2.20 bits per heavy atom. The van der Waals surface area contributed by atoms with E-state index in [1.807, 2.05) is 0 Å². The molecule has 5 heteroatoms. The molecule has 0 atom stereocenters. The number of hydrogen-bond acceptors (Lipinski definition) is 3. The van der Waals surface area contributed by atoms with Gasteiger partial charge in [0.1, 0.15) is 10.7 Å². The van der Waals surface area contributed by atoms with Crippen LogP contribution in [0.1, 0.15) is 19.4 Å². The van der Waals surface area contributed by atoms with Gasteiger partial charge >= 0.3 is 0 Å². The Labute approximate surface area is 89.0 Å². The van der Waals surface area contributed by atoms with Crippen LogP contribution in [-0.2, 0) is 15.4 Å². The van der Waals surface area contributed by atoms with E-state index in [-0.39, 0.29) is 4.90 Å². The quantitative estimate of drug-likeness (QED) is 0.837. The third kappa shape index (κ3) is 2.76. The van der Waals surface area contributed by atoms with Gasteiger partial charge in [0.15, 0.2) is 9.84 Å². The van der Waals surface area contributed by atoms with E-state index in [9.17, 15) is 12.8 Å². The lowest BCUT2D eigenvalue weighted by Gasteiger charge is -2.19. The zero-order valence-corrected chi connectivity index (χ0v) is 9.73. The first-order valence-corrected chi connectivity index (χ1v) is 6.30. The summed E-state index contributed by atoms with van der Waals surface area (Å²) in [4.78, 5) is -0.296. The van der Waals surface area contributed by atoms with Crippen molar-refractivity contribution >= 4 is 9.84 Å². The fourth-order valence-electron chi connectivity index (χ4n) is 1.20. The average molecular weight is 231 g/mol. The van der Waals surface area contributed by atoms with Crippen LogP contribution in [0.3, 0.4) is 0 Å². The van der Waals surface area contributed by atoms with Gasteiger partial charge in [-0.05, 0) is 31.5 Å². The molecule has 0 aromatic heterocycles. The maximum atomic E-state index is 13.4. The molecule has 0 heterocycles. The van der Waals surface area contributed by atoms with Crippen LogP contribution in [0.2, 0.25) is 0 Å². The van der Waals surface area contributed by atoms with Gasteiger partial charge in [-0.3, -0.25) is 0 Å². The molecule has 1 rings (SSSR count). The third-order valence-corrected chi connectivity index (χ3v) is 3.21. The van der Waals surface area contributed by atoms with E-state index in [0.717, 1.165) is 12.3 Å². The molecule has 0 fully saturated rings. The number of nitrogens with two attached hydrogens (primary N) is 1. The summed E-state index contributed by atoms with van der Waals surface area (Å²) >= 11 is 0. The molecular weight excluding hydrogens is 217 g/mol. The Bertz CT molecular complexity index is 475. The Morgan fingerprint density at radius 1 is 1.33 bits per heavy atom. The van der Waals surface area contributed by atoms with Crippen LogP contribution < -0.4 is 5.73 Å². The summed E-state index contributed by atoms with van der Waals surface area (Å²) in [6, 6.07) is 3.93. The highest BCUT2D eigenvalue weighted by atomic mass is 32.2. The van der Waals surface area contributed by atoms with Gasteiger partial charge in [-0.25, -0.2) is 12.8 Å². The van der Waals surface area contributed by atoms with E-state index in [4.69, 9.17) is 5.73 Å². The van der Waals surface area contributed by atoms with Gasteiger partial charge in [0, 0.05) is 11.8 Å². The fraction of sp³-hybridized carbons (Fsp3) is 0.400. The number of halogens is 1. The highest BCUT2D eigenvalue weighted by Gasteiger charge is 2.19. The molecule has 0 saturated carbocycles. The summed E-state index contributed by atoms with van der Waals surface area (Å²) in [6.07, 6.45) is 0.971. The molecule has 0 unspecified atom stereocenters. The van der Waals surface area contributed by atoms with Crippen molar-refractivity contribution in [3.05, 3.63) is 29.6 Å². The van der Waals surface area contributed by atoms with Gasteiger partial charge in [-0.2, -0.15) is 0 Å². The third-order valence-electron chi connectivity index (χ3n) is 2.08. The van der Waals surface area contributed by atoms with Gasteiger partial charge in [0.25, 0.3) is 0 Å². The molecule has 0 aliphatic heterocycles. The normalized spacial score (nSPS) is 12.9. The van der Waals surface area contributed by atoms with Crippen LogP contribution >= 0.6 is 0 Å². The van der Waals surface area contributed by atoms with E-state index in [2.05, 4.69) is 0 Å². The van der Waals surface area contributed by atoms with Crippen molar-refractivity contribution in [2.75, 3.05) is 6.26 Å². The van der Waals surface area contributed by atoms with Crippen LogP contribution in [0.5, 0.6) is 0 Å². The molecule has 84 valence electrons. The zero-order chi connectivity index (χ0) is 11.9. The topological polar surface area (TPSA) is 60.2 Å². The standard InChI is InChI=1S/C10H14FNO2S/c1-10(2,12)7-4-5-9(8(11)6-7)15(3,13)14/h4-6H,12H2,1-3H3. The minimum atomic E-state index is -3.51. The van der Waals surface area contributed by atoms with Gasteiger partial charge < -0.3 is 5.73 Å². The first-order chi connectivity index (χ1) is 6.62. The molecule has 0 aliphatic rings. The SMILES string of the molecule is CC(C)(N)c1ccc(S(C)(=O)=O)c(F)c1. The highest BCUT2D eigenvalue weighted by Crippen LogP contribution is 2.22. The van der Waals surface area contributed by atoms with E-state index in [1.54, 1.807) is 13.8 Å². The van der Waals surface area contributed by atoms with Crippen molar-refractivity contribution < 1.29 is 12.8 Å². The van der Waals surface area contributed by atoms with Crippen molar-refractivity contribution in [3.63, 3.8) is 0 Å². The maximum absolute atomic E-state index is 13.4. The first-order valence-electron chi connectivity index (χ1n) is 4.41.